The molecule has 3 aromatic carbocycles. The third-order valence-corrected chi connectivity index (χ3v) is 6.45. The van der Waals surface area contributed by atoms with Gasteiger partial charge < -0.3 is 0 Å². The van der Waals surface area contributed by atoms with Crippen LogP contribution in [0.15, 0.2) is 42.5 Å². The second kappa shape index (κ2) is 8.96. The van der Waals surface area contributed by atoms with Gasteiger partial charge in [0.1, 0.15) is 17.7 Å². The van der Waals surface area contributed by atoms with Gasteiger partial charge in [-0.15, -0.1) is 0 Å². The average molecular weight is 404 g/mol. The molecule has 0 aromatic heterocycles. The summed E-state index contributed by atoms with van der Waals surface area (Å²) in [6.45, 7) is 2.21. The van der Waals surface area contributed by atoms with E-state index in [2.05, 4.69) is 19.1 Å². The first-order valence-corrected chi connectivity index (χ1v) is 11.0. The monoisotopic (exact) mass is 403 g/mol. The van der Waals surface area contributed by atoms with Crippen LogP contribution in [0.3, 0.4) is 0 Å². The summed E-state index contributed by atoms with van der Waals surface area (Å²) in [5.74, 6) is -0.599. The molecule has 0 aliphatic heterocycles. The lowest BCUT2D eigenvalue weighted by Gasteiger charge is -2.26. The molecule has 4 rings (SSSR count). The zero-order chi connectivity index (χ0) is 21.1. The molecule has 0 spiro atoms. The molecule has 0 radical (unpaired) electrons. The van der Waals surface area contributed by atoms with Crippen LogP contribution in [0.1, 0.15) is 72.8 Å². The lowest BCUT2D eigenvalue weighted by molar-refractivity contribution is 0.535. The van der Waals surface area contributed by atoms with Crippen LogP contribution in [-0.2, 0) is 19.3 Å². The number of hydrogen-bond donors (Lipinski definition) is 0. The summed E-state index contributed by atoms with van der Waals surface area (Å²) < 4.78 is 29.5. The number of fused-ring (bicyclic) bond motifs is 2. The smallest absolute Gasteiger partial charge is 0.141 e. The summed E-state index contributed by atoms with van der Waals surface area (Å²) >= 11 is 0. The summed E-state index contributed by atoms with van der Waals surface area (Å²) in [5.41, 5.74) is 3.98. The number of benzene rings is 3. The molecule has 30 heavy (non-hydrogen) atoms. The fourth-order valence-electron chi connectivity index (χ4n) is 4.72. The Balaban J connectivity index is 1.57. The van der Waals surface area contributed by atoms with Crippen molar-refractivity contribution in [1.29, 1.82) is 5.26 Å². The molecule has 1 aliphatic carbocycles. The SMILES string of the molecule is CCCCCCc1ccc2c(F)c(C3CCc4cc(C#N)c(F)cc4C3)ccc2c1. The fraction of sp³-hybridized carbons (Fsp3) is 0.370. The first-order chi connectivity index (χ1) is 14.6. The van der Waals surface area contributed by atoms with Crippen molar-refractivity contribution in [1.82, 2.24) is 0 Å². The summed E-state index contributed by atoms with van der Waals surface area (Å²) in [5, 5.41) is 10.7. The van der Waals surface area contributed by atoms with Gasteiger partial charge in [-0.1, -0.05) is 56.5 Å². The van der Waals surface area contributed by atoms with Crippen molar-refractivity contribution >= 4 is 10.8 Å². The van der Waals surface area contributed by atoms with E-state index in [9.17, 15) is 4.39 Å². The molecule has 3 heteroatoms. The normalized spacial score (nSPS) is 15.7. The Bertz CT molecular complexity index is 1110. The molecule has 0 saturated carbocycles. The Morgan fingerprint density at radius 1 is 1.00 bits per heavy atom. The molecule has 0 fully saturated rings. The molecule has 0 bridgehead atoms. The van der Waals surface area contributed by atoms with Crippen molar-refractivity contribution < 1.29 is 8.78 Å². The molecule has 1 nitrogen and oxygen atoms in total. The van der Waals surface area contributed by atoms with Crippen molar-refractivity contribution in [3.63, 3.8) is 0 Å². The first-order valence-electron chi connectivity index (χ1n) is 11.0. The maximum atomic E-state index is 15.4. The molecule has 1 aliphatic rings. The molecule has 0 N–H and O–H groups in total. The third-order valence-electron chi connectivity index (χ3n) is 6.45. The topological polar surface area (TPSA) is 23.8 Å². The van der Waals surface area contributed by atoms with E-state index in [1.54, 1.807) is 6.07 Å². The summed E-state index contributed by atoms with van der Waals surface area (Å²) in [6, 6.07) is 15.0. The Labute approximate surface area is 177 Å². The van der Waals surface area contributed by atoms with Crippen LogP contribution in [0.5, 0.6) is 0 Å². The number of halogens is 2. The first kappa shape index (κ1) is 20.5. The predicted octanol–water partition coefficient (Wildman–Crippen LogP) is 7.38. The van der Waals surface area contributed by atoms with Gasteiger partial charge in [0.25, 0.3) is 0 Å². The second-order valence-electron chi connectivity index (χ2n) is 8.49. The zero-order valence-corrected chi connectivity index (χ0v) is 17.5. The van der Waals surface area contributed by atoms with Crippen molar-refractivity contribution in [2.75, 3.05) is 0 Å². The molecule has 0 saturated heterocycles. The highest BCUT2D eigenvalue weighted by atomic mass is 19.1. The Hall–Kier alpha value is -2.73. The molecule has 154 valence electrons. The molecule has 1 unspecified atom stereocenters. The van der Waals surface area contributed by atoms with Gasteiger partial charge in [-0.3, -0.25) is 0 Å². The minimum atomic E-state index is -0.484. The van der Waals surface area contributed by atoms with Crippen LogP contribution in [0.4, 0.5) is 8.78 Å². The van der Waals surface area contributed by atoms with Gasteiger partial charge in [-0.2, -0.15) is 5.26 Å². The van der Waals surface area contributed by atoms with Gasteiger partial charge in [0.05, 0.1) is 5.56 Å². The van der Waals surface area contributed by atoms with Gasteiger partial charge in [0, 0.05) is 5.39 Å². The van der Waals surface area contributed by atoms with Crippen molar-refractivity contribution in [2.45, 2.75) is 64.2 Å². The number of aryl methyl sites for hydroxylation is 2. The summed E-state index contributed by atoms with van der Waals surface area (Å²) in [7, 11) is 0. The van der Waals surface area contributed by atoms with Crippen LogP contribution in [0.25, 0.3) is 10.8 Å². The highest BCUT2D eigenvalue weighted by molar-refractivity contribution is 5.84. The minimum absolute atomic E-state index is 0.0305. The maximum Gasteiger partial charge on any atom is 0.141 e. The van der Waals surface area contributed by atoms with Gasteiger partial charge in [0.15, 0.2) is 0 Å². The number of nitrogens with zero attached hydrogens (tertiary/aromatic N) is 1. The quantitative estimate of drug-likeness (QED) is 0.394. The van der Waals surface area contributed by atoms with Gasteiger partial charge in [-0.05, 0) is 77.8 Å². The van der Waals surface area contributed by atoms with E-state index < -0.39 is 5.82 Å². The number of rotatable bonds is 6. The second-order valence-corrected chi connectivity index (χ2v) is 8.49. The largest absolute Gasteiger partial charge is 0.206 e. The predicted molar refractivity (Wildman–Crippen MR) is 118 cm³/mol. The molecular formula is C27H27F2N. The van der Waals surface area contributed by atoms with Crippen molar-refractivity contribution in [2.24, 2.45) is 0 Å². The van der Waals surface area contributed by atoms with Gasteiger partial charge >= 0.3 is 0 Å². The standard InChI is InChI=1S/C27H27F2N/c1-2-3-4-5-6-18-7-11-24-20(13-18)10-12-25(27(24)29)21-9-8-19-14-23(17-30)26(28)16-22(19)15-21/h7,10-14,16,21H,2-6,8-9,15H2,1H3. The Morgan fingerprint density at radius 3 is 2.67 bits per heavy atom. The van der Waals surface area contributed by atoms with Crippen molar-refractivity contribution in [3.8, 4) is 6.07 Å². The van der Waals surface area contributed by atoms with E-state index in [4.69, 9.17) is 5.26 Å². The van der Waals surface area contributed by atoms with Crippen LogP contribution < -0.4 is 0 Å². The average Bonchev–Trinajstić information content (AvgIpc) is 2.76. The molecule has 0 heterocycles. The van der Waals surface area contributed by atoms with E-state index >= 15 is 4.39 Å². The highest BCUT2D eigenvalue weighted by Gasteiger charge is 2.24. The minimum Gasteiger partial charge on any atom is -0.206 e. The maximum absolute atomic E-state index is 15.4. The molecular weight excluding hydrogens is 376 g/mol. The highest BCUT2D eigenvalue weighted by Crippen LogP contribution is 2.37. The molecule has 1 atom stereocenters. The summed E-state index contributed by atoms with van der Waals surface area (Å²) in [6.07, 6.45) is 8.09. The molecule has 3 aromatic rings. The van der Waals surface area contributed by atoms with Gasteiger partial charge in [-0.25, -0.2) is 8.78 Å². The lowest BCUT2D eigenvalue weighted by Crippen LogP contribution is -2.15. The van der Waals surface area contributed by atoms with Crippen LogP contribution in [0, 0.1) is 23.0 Å². The molecule has 0 amide bonds. The van der Waals surface area contributed by atoms with Crippen molar-refractivity contribution in [3.05, 3.63) is 81.9 Å². The van der Waals surface area contributed by atoms with Crippen LogP contribution in [0.2, 0.25) is 0 Å². The fourth-order valence-corrected chi connectivity index (χ4v) is 4.72. The number of unbranched alkanes of at least 4 members (excludes halogenated alkanes) is 3. The van der Waals surface area contributed by atoms with E-state index in [0.717, 1.165) is 35.8 Å². The van der Waals surface area contributed by atoms with Gasteiger partial charge in [0.2, 0.25) is 0 Å². The van der Waals surface area contributed by atoms with Crippen LogP contribution >= 0.6 is 0 Å². The van der Waals surface area contributed by atoms with E-state index in [0.29, 0.717) is 17.4 Å². The van der Waals surface area contributed by atoms with E-state index in [1.165, 1.54) is 37.3 Å². The number of nitriles is 1. The third kappa shape index (κ3) is 4.10. The van der Waals surface area contributed by atoms with Crippen LogP contribution in [-0.4, -0.2) is 0 Å². The summed E-state index contributed by atoms with van der Waals surface area (Å²) in [4.78, 5) is 0. The van der Waals surface area contributed by atoms with E-state index in [-0.39, 0.29) is 17.3 Å². The Morgan fingerprint density at radius 2 is 1.87 bits per heavy atom. The number of hydrogen-bond acceptors (Lipinski definition) is 1. The lowest BCUT2D eigenvalue weighted by atomic mass is 9.79. The zero-order valence-electron chi connectivity index (χ0n) is 17.5. The Kier molecular flexibility index (Phi) is 6.13. The van der Waals surface area contributed by atoms with E-state index in [1.807, 2.05) is 24.3 Å².